The maximum Gasteiger partial charge on any atom is 0.232 e. The summed E-state index contributed by atoms with van der Waals surface area (Å²) in [6.45, 7) is 6.52. The van der Waals surface area contributed by atoms with Crippen LogP contribution < -0.4 is 10.2 Å². The molecule has 0 aromatic heterocycles. The monoisotopic (exact) mass is 308 g/mol. The lowest BCUT2D eigenvalue weighted by Crippen LogP contribution is -2.42. The summed E-state index contributed by atoms with van der Waals surface area (Å²) in [4.78, 5) is 14.4. The third kappa shape index (κ3) is 3.70. The number of nitrogens with zero attached hydrogens (tertiary/aromatic N) is 3. The molecule has 5 heteroatoms. The van der Waals surface area contributed by atoms with E-state index in [1.807, 2.05) is 56.0 Å². The number of rotatable bonds is 2. The van der Waals surface area contributed by atoms with Gasteiger partial charge in [0, 0.05) is 29.5 Å². The molecule has 0 saturated carbocycles. The molecule has 0 spiro atoms. The first-order chi connectivity index (χ1) is 10.9. The predicted octanol–water partition coefficient (Wildman–Crippen LogP) is 3.35. The molecule has 0 unspecified atom stereocenters. The van der Waals surface area contributed by atoms with Crippen molar-refractivity contribution in [3.63, 3.8) is 0 Å². The third-order valence-electron chi connectivity index (χ3n) is 3.71. The number of amides is 1. The van der Waals surface area contributed by atoms with Crippen LogP contribution in [0.1, 0.15) is 32.8 Å². The van der Waals surface area contributed by atoms with Crippen LogP contribution in [0.2, 0.25) is 0 Å². The average molecular weight is 308 g/mol. The number of carbonyl (C=O) groups is 1. The molecular weight excluding hydrogens is 288 g/mol. The highest BCUT2D eigenvalue weighted by Crippen LogP contribution is 2.32. The molecule has 1 heterocycles. The van der Waals surface area contributed by atoms with Gasteiger partial charge in [0.15, 0.2) is 0 Å². The quantitative estimate of drug-likeness (QED) is 0.850. The first kappa shape index (κ1) is 16.6. The van der Waals surface area contributed by atoms with E-state index in [0.29, 0.717) is 0 Å². The largest absolute Gasteiger partial charge is 0.360 e. The predicted molar refractivity (Wildman–Crippen MR) is 89.5 cm³/mol. The maximum atomic E-state index is 12.6. The average Bonchev–Trinajstić information content (AvgIpc) is 2.53. The summed E-state index contributed by atoms with van der Waals surface area (Å²) in [5.41, 5.74) is 2.46. The first-order valence-corrected chi connectivity index (χ1v) is 7.58. The molecule has 0 bridgehead atoms. The van der Waals surface area contributed by atoms with E-state index in [1.54, 1.807) is 0 Å². The summed E-state index contributed by atoms with van der Waals surface area (Å²) in [6, 6.07) is 9.37. The molecule has 2 rings (SSSR count). The van der Waals surface area contributed by atoms with Gasteiger partial charge in [0.05, 0.1) is 0 Å². The van der Waals surface area contributed by atoms with Gasteiger partial charge in [0.1, 0.15) is 17.7 Å². The Morgan fingerprint density at radius 2 is 2.00 bits per heavy atom. The van der Waals surface area contributed by atoms with Gasteiger partial charge in [-0.3, -0.25) is 4.79 Å². The zero-order valence-electron chi connectivity index (χ0n) is 13.7. The Hall–Kier alpha value is -2.79. The van der Waals surface area contributed by atoms with Crippen LogP contribution in [-0.4, -0.2) is 12.5 Å². The number of aryl methyl sites for hydroxylation is 1. The smallest absolute Gasteiger partial charge is 0.232 e. The second-order valence-electron chi connectivity index (χ2n) is 6.58. The molecule has 1 aliphatic heterocycles. The zero-order valence-corrected chi connectivity index (χ0v) is 13.7. The third-order valence-corrected chi connectivity index (χ3v) is 3.71. The van der Waals surface area contributed by atoms with Crippen LogP contribution in [0.5, 0.6) is 0 Å². The van der Waals surface area contributed by atoms with Gasteiger partial charge in [-0.25, -0.2) is 0 Å². The van der Waals surface area contributed by atoms with E-state index in [4.69, 9.17) is 10.5 Å². The van der Waals surface area contributed by atoms with Gasteiger partial charge >= 0.3 is 0 Å². The lowest BCUT2D eigenvalue weighted by Gasteiger charge is -2.34. The molecular formula is C18H20N4O. The Bertz CT molecular complexity index is 713. The summed E-state index contributed by atoms with van der Waals surface area (Å²) >= 11 is 0. The van der Waals surface area contributed by atoms with Gasteiger partial charge in [-0.05, 0) is 36.6 Å². The molecule has 118 valence electrons. The standard InChI is InChI=1S/C18H20N4O/c1-18(2,3)17(23)22-8-4-5-14-9-15(6-7-16(14)22)21-12-13(10-19)11-20/h6-7,9,12,21H,4-5,8H2,1-3H3. The van der Waals surface area contributed by atoms with E-state index in [0.717, 1.165) is 36.3 Å². The Labute approximate surface area is 136 Å². The van der Waals surface area contributed by atoms with E-state index in [9.17, 15) is 4.79 Å². The fourth-order valence-electron chi connectivity index (χ4n) is 2.55. The summed E-state index contributed by atoms with van der Waals surface area (Å²) in [5, 5.41) is 20.4. The van der Waals surface area contributed by atoms with Crippen LogP contribution in [0.4, 0.5) is 11.4 Å². The number of hydrogen-bond acceptors (Lipinski definition) is 4. The molecule has 1 N–H and O–H groups in total. The highest BCUT2D eigenvalue weighted by Gasteiger charge is 2.30. The van der Waals surface area contributed by atoms with Crippen LogP contribution in [0.25, 0.3) is 0 Å². The van der Waals surface area contributed by atoms with Crippen LogP contribution in [-0.2, 0) is 11.2 Å². The zero-order chi connectivity index (χ0) is 17.0. The highest BCUT2D eigenvalue weighted by atomic mass is 16.2. The Kier molecular flexibility index (Phi) is 4.71. The van der Waals surface area contributed by atoms with Gasteiger partial charge in [0.2, 0.25) is 5.91 Å². The fourth-order valence-corrected chi connectivity index (χ4v) is 2.55. The molecule has 1 amide bonds. The number of allylic oxidation sites excluding steroid dienone is 1. The van der Waals surface area contributed by atoms with Crippen molar-refractivity contribution in [3.05, 3.63) is 35.5 Å². The van der Waals surface area contributed by atoms with Gasteiger partial charge < -0.3 is 10.2 Å². The number of nitrogens with one attached hydrogen (secondary N) is 1. The van der Waals surface area contributed by atoms with Crippen molar-refractivity contribution < 1.29 is 4.79 Å². The lowest BCUT2D eigenvalue weighted by atomic mass is 9.92. The summed E-state index contributed by atoms with van der Waals surface area (Å²) in [5.74, 6) is 0.121. The molecule has 1 aromatic rings. The Balaban J connectivity index is 2.28. The van der Waals surface area contributed by atoms with Crippen LogP contribution in [0, 0.1) is 28.1 Å². The van der Waals surface area contributed by atoms with Gasteiger partial charge in [-0.1, -0.05) is 20.8 Å². The van der Waals surface area contributed by atoms with Crippen molar-refractivity contribution in [2.75, 3.05) is 16.8 Å². The van der Waals surface area contributed by atoms with Gasteiger partial charge in [-0.15, -0.1) is 0 Å². The topological polar surface area (TPSA) is 79.9 Å². The number of fused-ring (bicyclic) bond motifs is 1. The minimum absolute atomic E-state index is 0.0206. The summed E-state index contributed by atoms with van der Waals surface area (Å²) in [6.07, 6.45) is 3.23. The summed E-state index contributed by atoms with van der Waals surface area (Å²) in [7, 11) is 0. The number of nitriles is 2. The highest BCUT2D eigenvalue weighted by molar-refractivity contribution is 5.98. The second kappa shape index (κ2) is 6.54. The van der Waals surface area contributed by atoms with E-state index >= 15 is 0 Å². The molecule has 1 aliphatic rings. The Morgan fingerprint density at radius 3 is 2.61 bits per heavy atom. The van der Waals surface area contributed by atoms with Crippen LogP contribution in [0.15, 0.2) is 30.0 Å². The minimum atomic E-state index is -0.414. The number of carbonyl (C=O) groups excluding carboxylic acids is 1. The SMILES string of the molecule is CC(C)(C)C(=O)N1CCCc2cc(NC=C(C#N)C#N)ccc21. The molecule has 0 aliphatic carbocycles. The van der Waals surface area contributed by atoms with Crippen LogP contribution in [0.3, 0.4) is 0 Å². The van der Waals surface area contributed by atoms with E-state index in [1.165, 1.54) is 6.20 Å². The van der Waals surface area contributed by atoms with Gasteiger partial charge in [-0.2, -0.15) is 10.5 Å². The molecule has 0 fully saturated rings. The van der Waals surface area contributed by atoms with Crippen molar-refractivity contribution in [1.29, 1.82) is 10.5 Å². The second-order valence-corrected chi connectivity index (χ2v) is 6.58. The van der Waals surface area contributed by atoms with E-state index in [-0.39, 0.29) is 11.5 Å². The normalized spacial score (nSPS) is 13.3. The molecule has 5 nitrogen and oxygen atoms in total. The molecule has 0 atom stereocenters. The van der Waals surface area contributed by atoms with E-state index < -0.39 is 5.41 Å². The lowest BCUT2D eigenvalue weighted by molar-refractivity contribution is -0.125. The number of benzene rings is 1. The van der Waals surface area contributed by atoms with Crippen molar-refractivity contribution >= 4 is 17.3 Å². The number of anilines is 2. The van der Waals surface area contributed by atoms with Crippen molar-refractivity contribution in [2.24, 2.45) is 5.41 Å². The molecule has 23 heavy (non-hydrogen) atoms. The minimum Gasteiger partial charge on any atom is -0.360 e. The maximum absolute atomic E-state index is 12.6. The molecule has 0 saturated heterocycles. The van der Waals surface area contributed by atoms with Gasteiger partial charge in [0.25, 0.3) is 0 Å². The fraction of sp³-hybridized carbons (Fsp3) is 0.389. The van der Waals surface area contributed by atoms with Crippen LogP contribution >= 0.6 is 0 Å². The van der Waals surface area contributed by atoms with Crippen molar-refractivity contribution in [1.82, 2.24) is 0 Å². The molecule has 0 radical (unpaired) electrons. The van der Waals surface area contributed by atoms with E-state index in [2.05, 4.69) is 5.32 Å². The first-order valence-electron chi connectivity index (χ1n) is 7.58. The summed E-state index contributed by atoms with van der Waals surface area (Å²) < 4.78 is 0. The Morgan fingerprint density at radius 1 is 1.30 bits per heavy atom. The molecule has 1 aromatic carbocycles. The van der Waals surface area contributed by atoms with Crippen molar-refractivity contribution in [2.45, 2.75) is 33.6 Å². The van der Waals surface area contributed by atoms with Crippen molar-refractivity contribution in [3.8, 4) is 12.1 Å². The number of hydrogen-bond donors (Lipinski definition) is 1.